The number of aromatic nitrogens is 1. The summed E-state index contributed by atoms with van der Waals surface area (Å²) >= 11 is 1.44. The molecule has 0 spiro atoms. The van der Waals surface area contributed by atoms with Gasteiger partial charge in [-0.25, -0.2) is 9.78 Å². The van der Waals surface area contributed by atoms with Crippen molar-refractivity contribution in [3.05, 3.63) is 35.3 Å². The van der Waals surface area contributed by atoms with Gasteiger partial charge in [0.15, 0.2) is 6.61 Å². The third-order valence-corrected chi connectivity index (χ3v) is 3.73. The average molecular weight is 321 g/mol. The summed E-state index contributed by atoms with van der Waals surface area (Å²) in [5.74, 6) is -0.338. The number of hydrogen-bond acceptors (Lipinski definition) is 7. The first-order valence-electron chi connectivity index (χ1n) is 6.43. The van der Waals surface area contributed by atoms with E-state index in [4.69, 9.17) is 9.47 Å². The highest BCUT2D eigenvalue weighted by Gasteiger charge is 2.12. The van der Waals surface area contributed by atoms with E-state index in [2.05, 4.69) is 9.72 Å². The number of methoxy groups -OCH3 is 2. The third kappa shape index (κ3) is 4.29. The first kappa shape index (κ1) is 16.0. The van der Waals surface area contributed by atoms with Crippen LogP contribution in [0.5, 0.6) is 5.75 Å². The molecule has 0 fully saturated rings. The average Bonchev–Trinajstić information content (AvgIpc) is 3.01. The Hall–Kier alpha value is -2.41. The highest BCUT2D eigenvalue weighted by atomic mass is 32.1. The van der Waals surface area contributed by atoms with Gasteiger partial charge in [-0.15, -0.1) is 11.3 Å². The standard InChI is InChI=1S/C15H15NO5S/c1-19-12-5-3-10(4-6-12)15-16-11(9-22-15)7-13(17)21-8-14(18)20-2/h3-6,9H,7-8H2,1-2H3. The lowest BCUT2D eigenvalue weighted by Crippen LogP contribution is -2.16. The van der Waals surface area contributed by atoms with Gasteiger partial charge in [-0.05, 0) is 24.3 Å². The predicted octanol–water partition coefficient (Wildman–Crippen LogP) is 2.08. The summed E-state index contributed by atoms with van der Waals surface area (Å²) in [6.45, 7) is -0.384. The number of carbonyl (C=O) groups excluding carboxylic acids is 2. The van der Waals surface area contributed by atoms with Crippen LogP contribution in [0.2, 0.25) is 0 Å². The Morgan fingerprint density at radius 1 is 1.14 bits per heavy atom. The van der Waals surface area contributed by atoms with E-state index in [1.807, 2.05) is 24.3 Å². The molecule has 1 aromatic heterocycles. The first-order valence-corrected chi connectivity index (χ1v) is 7.31. The molecule has 0 N–H and O–H groups in total. The molecule has 0 unspecified atom stereocenters. The number of thiazole rings is 1. The number of rotatable bonds is 6. The van der Waals surface area contributed by atoms with Crippen molar-refractivity contribution in [1.82, 2.24) is 4.98 Å². The van der Waals surface area contributed by atoms with Crippen molar-refractivity contribution in [1.29, 1.82) is 0 Å². The minimum absolute atomic E-state index is 0.0175. The maximum absolute atomic E-state index is 11.6. The molecular weight excluding hydrogens is 306 g/mol. The van der Waals surface area contributed by atoms with Crippen LogP contribution in [0.15, 0.2) is 29.6 Å². The van der Waals surface area contributed by atoms with Gasteiger partial charge in [0.25, 0.3) is 0 Å². The fraction of sp³-hybridized carbons (Fsp3) is 0.267. The summed E-state index contributed by atoms with van der Waals surface area (Å²) in [5.41, 5.74) is 1.55. The van der Waals surface area contributed by atoms with E-state index in [0.29, 0.717) is 5.69 Å². The molecule has 0 aliphatic heterocycles. The SMILES string of the molecule is COC(=O)COC(=O)Cc1csc(-c2ccc(OC)cc2)n1. The largest absolute Gasteiger partial charge is 0.497 e. The minimum atomic E-state index is -0.592. The summed E-state index contributed by atoms with van der Waals surface area (Å²) in [6, 6.07) is 7.50. The molecule has 1 heterocycles. The number of hydrogen-bond donors (Lipinski definition) is 0. The van der Waals surface area contributed by atoms with Gasteiger partial charge < -0.3 is 14.2 Å². The van der Waals surface area contributed by atoms with Crippen LogP contribution < -0.4 is 4.74 Å². The molecule has 0 bridgehead atoms. The molecule has 7 heteroatoms. The van der Waals surface area contributed by atoms with Crippen molar-refractivity contribution in [3.63, 3.8) is 0 Å². The number of nitrogens with zero attached hydrogens (tertiary/aromatic N) is 1. The Morgan fingerprint density at radius 3 is 2.50 bits per heavy atom. The summed E-state index contributed by atoms with van der Waals surface area (Å²) in [7, 11) is 2.84. The topological polar surface area (TPSA) is 74.7 Å². The fourth-order valence-electron chi connectivity index (χ4n) is 1.65. The molecule has 2 aromatic rings. The zero-order valence-corrected chi connectivity index (χ0v) is 13.0. The lowest BCUT2D eigenvalue weighted by molar-refractivity contribution is -0.156. The lowest BCUT2D eigenvalue weighted by Gasteiger charge is -2.02. The van der Waals surface area contributed by atoms with Crippen LogP contribution in [0, 0.1) is 0 Å². The Morgan fingerprint density at radius 2 is 1.86 bits per heavy atom. The van der Waals surface area contributed by atoms with Crippen molar-refractivity contribution in [2.45, 2.75) is 6.42 Å². The molecule has 116 valence electrons. The zero-order chi connectivity index (χ0) is 15.9. The van der Waals surface area contributed by atoms with E-state index in [1.54, 1.807) is 12.5 Å². The van der Waals surface area contributed by atoms with Gasteiger partial charge >= 0.3 is 11.9 Å². The third-order valence-electron chi connectivity index (χ3n) is 2.79. The quantitative estimate of drug-likeness (QED) is 0.758. The Bertz CT molecular complexity index is 650. The molecule has 0 aliphatic rings. The minimum Gasteiger partial charge on any atom is -0.497 e. The predicted molar refractivity (Wildman–Crippen MR) is 80.8 cm³/mol. The number of benzene rings is 1. The van der Waals surface area contributed by atoms with Crippen molar-refractivity contribution in [2.24, 2.45) is 0 Å². The van der Waals surface area contributed by atoms with Gasteiger partial charge in [-0.3, -0.25) is 4.79 Å². The van der Waals surface area contributed by atoms with Gasteiger partial charge in [0.2, 0.25) is 0 Å². The number of ether oxygens (including phenoxy) is 3. The second-order valence-electron chi connectivity index (χ2n) is 4.29. The van der Waals surface area contributed by atoms with Crippen LogP contribution in [-0.4, -0.2) is 37.7 Å². The second-order valence-corrected chi connectivity index (χ2v) is 5.14. The van der Waals surface area contributed by atoms with Crippen LogP contribution >= 0.6 is 11.3 Å². The smallest absolute Gasteiger partial charge is 0.344 e. The van der Waals surface area contributed by atoms with Crippen LogP contribution in [-0.2, 0) is 25.5 Å². The van der Waals surface area contributed by atoms with E-state index in [1.165, 1.54) is 18.4 Å². The molecular formula is C15H15NO5S. The maximum atomic E-state index is 11.6. The van der Waals surface area contributed by atoms with Gasteiger partial charge in [-0.1, -0.05) is 0 Å². The molecule has 0 amide bonds. The molecule has 1 aromatic carbocycles. The normalized spacial score (nSPS) is 10.1. The highest BCUT2D eigenvalue weighted by Crippen LogP contribution is 2.25. The molecule has 6 nitrogen and oxygen atoms in total. The zero-order valence-electron chi connectivity index (χ0n) is 12.2. The molecule has 22 heavy (non-hydrogen) atoms. The first-order chi connectivity index (χ1) is 10.6. The van der Waals surface area contributed by atoms with Crippen LogP contribution in [0.4, 0.5) is 0 Å². The van der Waals surface area contributed by atoms with E-state index in [9.17, 15) is 9.59 Å². The molecule has 0 atom stereocenters. The molecule has 2 rings (SSSR count). The molecule has 0 aliphatic carbocycles. The van der Waals surface area contributed by atoms with Gasteiger partial charge in [0, 0.05) is 10.9 Å². The van der Waals surface area contributed by atoms with E-state index in [0.717, 1.165) is 16.3 Å². The summed E-state index contributed by atoms with van der Waals surface area (Å²) < 4.78 is 14.3. The lowest BCUT2D eigenvalue weighted by atomic mass is 10.2. The molecule has 0 saturated heterocycles. The van der Waals surface area contributed by atoms with Crippen LogP contribution in [0.3, 0.4) is 0 Å². The molecule has 0 radical (unpaired) electrons. The van der Waals surface area contributed by atoms with E-state index >= 15 is 0 Å². The summed E-state index contributed by atoms with van der Waals surface area (Å²) in [6.07, 6.45) is 0.0175. The van der Waals surface area contributed by atoms with Crippen molar-refractivity contribution < 1.29 is 23.8 Å². The Kier molecular flexibility index (Phi) is 5.48. The highest BCUT2D eigenvalue weighted by molar-refractivity contribution is 7.13. The van der Waals surface area contributed by atoms with Gasteiger partial charge in [0.05, 0.1) is 26.3 Å². The monoisotopic (exact) mass is 321 g/mol. The van der Waals surface area contributed by atoms with Crippen LogP contribution in [0.1, 0.15) is 5.69 Å². The second kappa shape index (κ2) is 7.56. The van der Waals surface area contributed by atoms with Gasteiger partial charge in [-0.2, -0.15) is 0 Å². The Labute approximate surface area is 131 Å². The number of esters is 2. The van der Waals surface area contributed by atoms with E-state index in [-0.39, 0.29) is 13.0 Å². The summed E-state index contributed by atoms with van der Waals surface area (Å²) in [4.78, 5) is 26.9. The van der Waals surface area contributed by atoms with Crippen molar-refractivity contribution >= 4 is 23.3 Å². The molecule has 0 saturated carbocycles. The maximum Gasteiger partial charge on any atom is 0.344 e. The Balaban J connectivity index is 1.95. The van der Waals surface area contributed by atoms with Crippen molar-refractivity contribution in [2.75, 3.05) is 20.8 Å². The fourth-order valence-corrected chi connectivity index (χ4v) is 2.48. The summed E-state index contributed by atoms with van der Waals surface area (Å²) in [5, 5.41) is 2.59. The van der Waals surface area contributed by atoms with Gasteiger partial charge in [0.1, 0.15) is 10.8 Å². The number of carbonyl (C=O) groups is 2. The van der Waals surface area contributed by atoms with E-state index < -0.39 is 11.9 Å². The van der Waals surface area contributed by atoms with Crippen molar-refractivity contribution in [3.8, 4) is 16.3 Å². The van der Waals surface area contributed by atoms with Crippen LogP contribution in [0.25, 0.3) is 10.6 Å².